The highest BCUT2D eigenvalue weighted by Gasteiger charge is 2.45. The molecule has 7 heteroatoms. The highest BCUT2D eigenvalue weighted by atomic mass is 16.6. The van der Waals surface area contributed by atoms with Gasteiger partial charge >= 0.3 is 0 Å². The molecule has 1 aliphatic carbocycles. The van der Waals surface area contributed by atoms with Gasteiger partial charge in [-0.15, -0.1) is 0 Å². The van der Waals surface area contributed by atoms with E-state index in [0.29, 0.717) is 24.2 Å². The normalized spacial score (nSPS) is 32.2. The Morgan fingerprint density at radius 1 is 1.22 bits per heavy atom. The number of fused-ring (bicyclic) bond motifs is 3. The van der Waals surface area contributed by atoms with E-state index >= 15 is 0 Å². The van der Waals surface area contributed by atoms with Gasteiger partial charge in [-0.1, -0.05) is 6.92 Å². The number of carbonyl (C=O) groups is 2. The van der Waals surface area contributed by atoms with Crippen LogP contribution in [0.2, 0.25) is 0 Å². The molecule has 3 N–H and O–H groups in total. The van der Waals surface area contributed by atoms with Crippen molar-refractivity contribution >= 4 is 11.6 Å². The van der Waals surface area contributed by atoms with E-state index in [1.54, 1.807) is 6.07 Å². The van der Waals surface area contributed by atoms with Gasteiger partial charge in [0.2, 0.25) is 0 Å². The number of rotatable bonds is 1. The lowest BCUT2D eigenvalue weighted by Crippen LogP contribution is -2.35. The smallest absolute Gasteiger partial charge is 0.167 e. The Kier molecular flexibility index (Phi) is 5.83. The highest BCUT2D eigenvalue weighted by molar-refractivity contribution is 6.00. The van der Waals surface area contributed by atoms with Crippen molar-refractivity contribution in [1.29, 1.82) is 0 Å². The Morgan fingerprint density at radius 3 is 2.67 bits per heavy atom. The van der Waals surface area contributed by atoms with E-state index in [1.807, 2.05) is 6.92 Å². The van der Waals surface area contributed by atoms with E-state index in [0.717, 1.165) is 0 Å². The summed E-state index contributed by atoms with van der Waals surface area (Å²) < 4.78 is 10.8. The van der Waals surface area contributed by atoms with Crippen LogP contribution in [0, 0.1) is 5.92 Å². The van der Waals surface area contributed by atoms with Crippen LogP contribution >= 0.6 is 0 Å². The van der Waals surface area contributed by atoms with Crippen LogP contribution in [-0.4, -0.2) is 52.3 Å². The van der Waals surface area contributed by atoms with E-state index in [2.05, 4.69) is 0 Å². The summed E-state index contributed by atoms with van der Waals surface area (Å²) in [5.74, 6) is -0.316. The van der Waals surface area contributed by atoms with Crippen LogP contribution in [-0.2, 0) is 9.53 Å². The number of aliphatic hydroxyl groups excluding tert-OH is 2. The van der Waals surface area contributed by atoms with Crippen LogP contribution in [0.5, 0.6) is 11.5 Å². The summed E-state index contributed by atoms with van der Waals surface area (Å²) in [7, 11) is 1.46. The number of phenols is 1. The van der Waals surface area contributed by atoms with Gasteiger partial charge in [0, 0.05) is 30.9 Å². The van der Waals surface area contributed by atoms with Crippen molar-refractivity contribution in [3.63, 3.8) is 0 Å². The van der Waals surface area contributed by atoms with Gasteiger partial charge < -0.3 is 24.8 Å². The lowest BCUT2D eigenvalue weighted by molar-refractivity contribution is -0.133. The minimum absolute atomic E-state index is 0.0144. The van der Waals surface area contributed by atoms with Gasteiger partial charge in [-0.25, -0.2) is 0 Å². The molecule has 1 heterocycles. The number of aromatic hydroxyl groups is 1. The molecular formula is C20H26O7. The van der Waals surface area contributed by atoms with Crippen LogP contribution in [0.1, 0.15) is 61.1 Å². The molecule has 27 heavy (non-hydrogen) atoms. The van der Waals surface area contributed by atoms with Crippen LogP contribution < -0.4 is 4.74 Å². The van der Waals surface area contributed by atoms with Gasteiger partial charge in [0.25, 0.3) is 0 Å². The molecule has 0 amide bonds. The first kappa shape index (κ1) is 19.8. The molecule has 0 radical (unpaired) electrons. The predicted octanol–water partition coefficient (Wildman–Crippen LogP) is 1.91. The Labute approximate surface area is 157 Å². The fraction of sp³-hybridized carbons (Fsp3) is 0.600. The molecule has 5 atom stereocenters. The summed E-state index contributed by atoms with van der Waals surface area (Å²) in [6.45, 7) is 1.91. The van der Waals surface area contributed by atoms with Gasteiger partial charge in [0.15, 0.2) is 11.6 Å². The largest absolute Gasteiger partial charge is 0.507 e. The van der Waals surface area contributed by atoms with Crippen LogP contribution in [0.25, 0.3) is 0 Å². The Morgan fingerprint density at radius 2 is 1.96 bits per heavy atom. The number of hydrogen-bond acceptors (Lipinski definition) is 7. The number of epoxide rings is 1. The Balaban J connectivity index is 1.95. The van der Waals surface area contributed by atoms with E-state index in [9.17, 15) is 24.9 Å². The van der Waals surface area contributed by atoms with Crippen LogP contribution in [0.15, 0.2) is 12.1 Å². The molecule has 0 unspecified atom stereocenters. The third-order valence-electron chi connectivity index (χ3n) is 5.35. The van der Waals surface area contributed by atoms with Crippen molar-refractivity contribution in [2.24, 2.45) is 5.92 Å². The lowest BCUT2D eigenvalue weighted by atomic mass is 9.89. The SMILES string of the molecule is COc1cc(O)c2c(c1)[C@H]1O[C@H]1C[C@H](O)[C@H](O)C(=O)CCC[C@H](C)CC2=O. The number of hydrogen-bond donors (Lipinski definition) is 3. The lowest BCUT2D eigenvalue weighted by Gasteiger charge is -2.18. The fourth-order valence-corrected chi connectivity index (χ4v) is 3.74. The molecule has 3 rings (SSSR count). The summed E-state index contributed by atoms with van der Waals surface area (Å²) in [6, 6.07) is 3.06. The first-order valence-corrected chi connectivity index (χ1v) is 9.30. The average molecular weight is 378 g/mol. The molecule has 0 aromatic heterocycles. The fourth-order valence-electron chi connectivity index (χ4n) is 3.74. The summed E-state index contributed by atoms with van der Waals surface area (Å²) in [6.07, 6.45) is -1.98. The molecule has 2 aliphatic rings. The van der Waals surface area contributed by atoms with E-state index in [-0.39, 0.29) is 42.3 Å². The zero-order valence-corrected chi connectivity index (χ0v) is 15.6. The molecule has 1 aliphatic heterocycles. The van der Waals surface area contributed by atoms with Crippen molar-refractivity contribution < 1.29 is 34.4 Å². The Hall–Kier alpha value is -1.96. The number of Topliss-reactive ketones (excluding diaryl/α,β-unsaturated/α-hetero) is 2. The molecule has 1 fully saturated rings. The molecular weight excluding hydrogens is 352 g/mol. The van der Waals surface area contributed by atoms with Gasteiger partial charge in [0.05, 0.1) is 24.9 Å². The minimum atomic E-state index is -1.44. The first-order valence-electron chi connectivity index (χ1n) is 9.30. The monoisotopic (exact) mass is 378 g/mol. The van der Waals surface area contributed by atoms with Gasteiger partial charge in [-0.2, -0.15) is 0 Å². The number of benzene rings is 1. The molecule has 0 bridgehead atoms. The van der Waals surface area contributed by atoms with E-state index in [1.165, 1.54) is 13.2 Å². The number of phenolic OH excluding ortho intramolecular Hbond substituents is 1. The molecule has 7 nitrogen and oxygen atoms in total. The summed E-state index contributed by atoms with van der Waals surface area (Å²) in [5, 5.41) is 30.6. The number of ether oxygens (including phenoxy) is 2. The van der Waals surface area contributed by atoms with Gasteiger partial charge in [-0.05, 0) is 24.8 Å². The number of ketones is 2. The topological polar surface area (TPSA) is 117 Å². The third-order valence-corrected chi connectivity index (χ3v) is 5.35. The summed E-state index contributed by atoms with van der Waals surface area (Å²) in [5.41, 5.74) is 0.734. The molecule has 148 valence electrons. The number of methoxy groups -OCH3 is 1. The van der Waals surface area contributed by atoms with Crippen LogP contribution in [0.3, 0.4) is 0 Å². The van der Waals surface area contributed by atoms with Crippen molar-refractivity contribution in [3.05, 3.63) is 23.3 Å². The van der Waals surface area contributed by atoms with Crippen molar-refractivity contribution in [2.45, 2.75) is 63.4 Å². The van der Waals surface area contributed by atoms with Gasteiger partial charge in [-0.3, -0.25) is 9.59 Å². The first-order chi connectivity index (χ1) is 12.8. The average Bonchev–Trinajstić information content (AvgIpc) is 3.38. The number of aliphatic hydroxyl groups is 2. The van der Waals surface area contributed by atoms with Crippen molar-refractivity contribution in [1.82, 2.24) is 0 Å². The van der Waals surface area contributed by atoms with Crippen molar-refractivity contribution in [2.75, 3.05) is 7.11 Å². The third kappa shape index (κ3) is 4.31. The maximum atomic E-state index is 12.8. The minimum Gasteiger partial charge on any atom is -0.507 e. The molecule has 1 aromatic rings. The quantitative estimate of drug-likeness (QED) is 0.639. The molecule has 0 saturated carbocycles. The van der Waals surface area contributed by atoms with Crippen molar-refractivity contribution in [3.8, 4) is 11.5 Å². The second-order valence-corrected chi connectivity index (χ2v) is 7.54. The number of carbonyl (C=O) groups excluding carboxylic acids is 2. The maximum absolute atomic E-state index is 12.8. The zero-order chi connectivity index (χ0) is 19.7. The van der Waals surface area contributed by atoms with E-state index < -0.39 is 30.2 Å². The molecule has 1 saturated heterocycles. The zero-order valence-electron chi connectivity index (χ0n) is 15.6. The summed E-state index contributed by atoms with van der Waals surface area (Å²) >= 11 is 0. The second-order valence-electron chi connectivity index (χ2n) is 7.54. The maximum Gasteiger partial charge on any atom is 0.167 e. The van der Waals surface area contributed by atoms with Crippen LogP contribution in [0.4, 0.5) is 0 Å². The second kappa shape index (κ2) is 7.96. The predicted molar refractivity (Wildman–Crippen MR) is 95.9 cm³/mol. The molecule has 0 spiro atoms. The highest BCUT2D eigenvalue weighted by Crippen LogP contribution is 2.46. The molecule has 1 aromatic carbocycles. The Bertz CT molecular complexity index is 729. The van der Waals surface area contributed by atoms with Gasteiger partial charge in [0.1, 0.15) is 23.7 Å². The van der Waals surface area contributed by atoms with E-state index in [4.69, 9.17) is 9.47 Å². The standard InChI is InChI=1S/C20H26O7/c1-10-4-3-5-13(21)19(25)16(24)9-17-20(27-17)12-7-11(26-2)8-15(23)18(12)14(22)6-10/h7-8,10,16-17,19-20,23-25H,3-6,9H2,1-2H3/t10-,16-,17-,19+,20+/m0/s1. The summed E-state index contributed by atoms with van der Waals surface area (Å²) in [4.78, 5) is 24.9.